The van der Waals surface area contributed by atoms with Gasteiger partial charge in [-0.3, -0.25) is 0 Å². The summed E-state index contributed by atoms with van der Waals surface area (Å²) >= 11 is 0. The van der Waals surface area contributed by atoms with Gasteiger partial charge in [0.05, 0.1) is 12.2 Å². The summed E-state index contributed by atoms with van der Waals surface area (Å²) in [4.78, 5) is 11.8. The van der Waals surface area contributed by atoms with Gasteiger partial charge in [0.15, 0.2) is 12.1 Å². The molecule has 10 nitrogen and oxygen atoms in total. The number of hydrogen-bond donors (Lipinski definition) is 5. The second-order valence-electron chi connectivity index (χ2n) is 13.9. The molecule has 5 fully saturated rings. The summed E-state index contributed by atoms with van der Waals surface area (Å²) in [6.45, 7) is 4.04. The number of carbonyl (C=O) groups is 1. The fraction of sp³-hybridized carbons (Fsp3) is 0.900. The van der Waals surface area contributed by atoms with E-state index in [0.29, 0.717) is 18.8 Å². The molecule has 10 heteroatoms. The Kier molecular flexibility index (Phi) is 7.23. The van der Waals surface area contributed by atoms with E-state index in [2.05, 4.69) is 13.8 Å². The molecule has 0 amide bonds. The normalized spacial score (nSPS) is 55.9. The molecule has 2 aliphatic heterocycles. The zero-order valence-electron chi connectivity index (χ0n) is 23.8. The van der Waals surface area contributed by atoms with Gasteiger partial charge in [0.1, 0.15) is 30.5 Å². The fourth-order valence-electron chi connectivity index (χ4n) is 10.1. The average molecular weight is 567 g/mol. The van der Waals surface area contributed by atoms with Crippen molar-refractivity contribution in [2.45, 2.75) is 120 Å². The van der Waals surface area contributed by atoms with E-state index >= 15 is 0 Å². The third-order valence-electron chi connectivity index (χ3n) is 12.5. The Balaban J connectivity index is 1.19. The van der Waals surface area contributed by atoms with E-state index in [4.69, 9.17) is 18.9 Å². The maximum absolute atomic E-state index is 12.4. The maximum Gasteiger partial charge on any atom is 0.331 e. The zero-order chi connectivity index (χ0) is 28.7. The van der Waals surface area contributed by atoms with Gasteiger partial charge in [-0.15, -0.1) is 0 Å². The first-order chi connectivity index (χ1) is 18.9. The van der Waals surface area contributed by atoms with Crippen LogP contribution in [0.4, 0.5) is 0 Å². The lowest BCUT2D eigenvalue weighted by Gasteiger charge is -2.64. The molecule has 0 aromatic heterocycles. The van der Waals surface area contributed by atoms with Crippen molar-refractivity contribution < 1.29 is 49.3 Å². The SMILES string of the molecule is CO[C@]1(O[C@@H]2O[C@H](CO)[C@@H](O)[C@H](O)[C@H]2O)CC[C@@]2(C)C(CCC3C2CC[C@]2(C)C(C4C=CC(=O)O4)CCC32O)C1. The lowest BCUT2D eigenvalue weighted by molar-refractivity contribution is -0.381. The van der Waals surface area contributed by atoms with E-state index in [1.54, 1.807) is 7.11 Å². The number of esters is 1. The van der Waals surface area contributed by atoms with Gasteiger partial charge in [0.25, 0.3) is 0 Å². The number of hydrogen-bond acceptors (Lipinski definition) is 10. The molecule has 2 heterocycles. The summed E-state index contributed by atoms with van der Waals surface area (Å²) in [5.41, 5.74) is -1.15. The van der Waals surface area contributed by atoms with E-state index in [0.717, 1.165) is 44.9 Å². The van der Waals surface area contributed by atoms with Gasteiger partial charge in [-0.25, -0.2) is 4.79 Å². The number of ether oxygens (including phenoxy) is 4. The number of aliphatic hydroxyl groups is 5. The molecule has 14 atom stereocenters. The first kappa shape index (κ1) is 29.0. The van der Waals surface area contributed by atoms with Gasteiger partial charge in [-0.05, 0) is 74.2 Å². The van der Waals surface area contributed by atoms with E-state index in [-0.39, 0.29) is 40.7 Å². The van der Waals surface area contributed by atoms with Crippen LogP contribution in [0.2, 0.25) is 0 Å². The molecular weight excluding hydrogens is 520 g/mol. The second kappa shape index (κ2) is 9.98. The van der Waals surface area contributed by atoms with Gasteiger partial charge in [-0.1, -0.05) is 13.8 Å². The van der Waals surface area contributed by atoms with Crippen molar-refractivity contribution >= 4 is 5.97 Å². The Labute approximate surface area is 235 Å². The summed E-state index contributed by atoms with van der Waals surface area (Å²) in [6, 6.07) is 0. The van der Waals surface area contributed by atoms with Crippen molar-refractivity contribution in [1.29, 1.82) is 0 Å². The van der Waals surface area contributed by atoms with Crippen molar-refractivity contribution in [2.75, 3.05) is 13.7 Å². The van der Waals surface area contributed by atoms with Gasteiger partial charge < -0.3 is 44.5 Å². The molecule has 6 rings (SSSR count). The van der Waals surface area contributed by atoms with Crippen LogP contribution in [0.25, 0.3) is 0 Å². The molecule has 40 heavy (non-hydrogen) atoms. The Morgan fingerprint density at radius 3 is 2.38 bits per heavy atom. The Hall–Kier alpha value is -1.11. The van der Waals surface area contributed by atoms with Crippen LogP contribution in [0.5, 0.6) is 0 Å². The summed E-state index contributed by atoms with van der Waals surface area (Å²) < 4.78 is 23.5. The maximum atomic E-state index is 12.4. The third kappa shape index (κ3) is 4.08. The molecule has 5 N–H and O–H groups in total. The molecule has 6 aliphatic rings. The Morgan fingerprint density at radius 1 is 0.950 bits per heavy atom. The van der Waals surface area contributed by atoms with Crippen molar-refractivity contribution in [3.63, 3.8) is 0 Å². The zero-order valence-corrected chi connectivity index (χ0v) is 23.8. The van der Waals surface area contributed by atoms with Gasteiger partial charge in [0.2, 0.25) is 0 Å². The highest BCUT2D eigenvalue weighted by Crippen LogP contribution is 2.70. The predicted molar refractivity (Wildman–Crippen MR) is 140 cm³/mol. The van der Waals surface area contributed by atoms with Crippen molar-refractivity contribution in [1.82, 2.24) is 0 Å². The van der Waals surface area contributed by atoms with Crippen molar-refractivity contribution in [3.05, 3.63) is 12.2 Å². The Morgan fingerprint density at radius 2 is 1.70 bits per heavy atom. The average Bonchev–Trinajstić information content (AvgIpc) is 3.48. The number of aliphatic hydroxyl groups excluding tert-OH is 4. The van der Waals surface area contributed by atoms with Crippen LogP contribution >= 0.6 is 0 Å². The topological polar surface area (TPSA) is 155 Å². The minimum Gasteiger partial charge on any atom is -0.455 e. The summed E-state index contributed by atoms with van der Waals surface area (Å²) in [5, 5.41) is 53.1. The summed E-state index contributed by atoms with van der Waals surface area (Å²) in [7, 11) is 1.58. The molecule has 226 valence electrons. The van der Waals surface area contributed by atoms with E-state index < -0.39 is 48.7 Å². The monoisotopic (exact) mass is 566 g/mol. The molecule has 0 aromatic rings. The quantitative estimate of drug-likeness (QED) is 0.187. The van der Waals surface area contributed by atoms with Gasteiger partial charge in [-0.2, -0.15) is 0 Å². The highest BCUT2D eigenvalue weighted by molar-refractivity contribution is 5.84. The molecule has 4 aliphatic carbocycles. The molecular formula is C30H46O10. The Bertz CT molecular complexity index is 1020. The second-order valence-corrected chi connectivity index (χ2v) is 13.9. The number of cyclic esters (lactones) is 1. The lowest BCUT2D eigenvalue weighted by Crippen LogP contribution is -2.65. The van der Waals surface area contributed by atoms with Gasteiger partial charge >= 0.3 is 5.97 Å². The predicted octanol–water partition coefficient (Wildman–Crippen LogP) is 1.40. The summed E-state index contributed by atoms with van der Waals surface area (Å²) in [5.74, 6) is -0.447. The smallest absolute Gasteiger partial charge is 0.331 e. The first-order valence-corrected chi connectivity index (χ1v) is 15.1. The highest BCUT2D eigenvalue weighted by atomic mass is 16.8. The van der Waals surface area contributed by atoms with Crippen LogP contribution in [-0.2, 0) is 23.7 Å². The van der Waals surface area contributed by atoms with Crippen molar-refractivity contribution in [3.8, 4) is 0 Å². The van der Waals surface area contributed by atoms with E-state index in [1.165, 1.54) is 6.08 Å². The van der Waals surface area contributed by atoms with Crippen LogP contribution in [0.1, 0.15) is 71.6 Å². The minimum absolute atomic E-state index is 0.0292. The molecule has 1 saturated heterocycles. The standard InChI is InChI=1S/C30H46O10/c1-27-12-13-29(37-3,40-26-25(35)24(34)23(33)21(15-31)39-26)14-16(27)4-5-18-17(27)8-10-28(2)19(9-11-30(18,28)36)20-6-7-22(32)38-20/h6-7,16-21,23-26,31,33-36H,4-5,8-15H2,1-3H3/t16?,17?,18?,19?,20?,21-,23-,24+,25-,26+,27+,28-,29+,30?/m1/s1. The first-order valence-electron chi connectivity index (χ1n) is 15.1. The fourth-order valence-corrected chi connectivity index (χ4v) is 10.1. The number of carbonyl (C=O) groups excluding carboxylic acids is 1. The number of fused-ring (bicyclic) bond motifs is 5. The van der Waals surface area contributed by atoms with Gasteiger partial charge in [0, 0.05) is 37.4 Å². The molecule has 6 unspecified atom stereocenters. The molecule has 0 radical (unpaired) electrons. The largest absolute Gasteiger partial charge is 0.455 e. The van der Waals surface area contributed by atoms with Crippen LogP contribution in [0.15, 0.2) is 12.2 Å². The highest BCUT2D eigenvalue weighted by Gasteiger charge is 2.69. The molecule has 4 saturated carbocycles. The van der Waals surface area contributed by atoms with E-state index in [9.17, 15) is 30.3 Å². The summed E-state index contributed by atoms with van der Waals surface area (Å²) in [6.07, 6.45) is 3.59. The van der Waals surface area contributed by atoms with Crippen LogP contribution in [0, 0.1) is 34.5 Å². The molecule has 0 spiro atoms. The molecule has 0 aromatic carbocycles. The number of rotatable bonds is 5. The van der Waals surface area contributed by atoms with Crippen LogP contribution in [-0.4, -0.2) is 93.4 Å². The van der Waals surface area contributed by atoms with Crippen LogP contribution in [0.3, 0.4) is 0 Å². The number of methoxy groups -OCH3 is 1. The van der Waals surface area contributed by atoms with E-state index in [1.807, 2.05) is 6.08 Å². The van der Waals surface area contributed by atoms with Crippen LogP contribution < -0.4 is 0 Å². The lowest BCUT2D eigenvalue weighted by atomic mass is 9.43. The third-order valence-corrected chi connectivity index (χ3v) is 12.5. The molecule has 0 bridgehead atoms. The minimum atomic E-state index is -1.51. The van der Waals surface area contributed by atoms with Crippen molar-refractivity contribution in [2.24, 2.45) is 34.5 Å².